The molecule has 0 bridgehead atoms. The van der Waals surface area contributed by atoms with Gasteiger partial charge in [-0.1, -0.05) is 0 Å². The topological polar surface area (TPSA) is 57.8 Å². The number of carbonyl (C=O) groups is 1. The Hall–Kier alpha value is -2.31. The SMILES string of the molecule is O=C(NCc1ncc[nH]1)c1ccc(C(F)(F)F)cc1. The second-order valence-electron chi connectivity index (χ2n) is 3.79. The summed E-state index contributed by atoms with van der Waals surface area (Å²) in [6.07, 6.45) is -1.25. The van der Waals surface area contributed by atoms with E-state index in [0.29, 0.717) is 5.82 Å². The lowest BCUT2D eigenvalue weighted by Crippen LogP contribution is -2.23. The highest BCUT2D eigenvalue weighted by atomic mass is 19.4. The fraction of sp³-hybridized carbons (Fsp3) is 0.167. The third kappa shape index (κ3) is 3.34. The van der Waals surface area contributed by atoms with Crippen LogP contribution in [0.4, 0.5) is 13.2 Å². The standard InChI is InChI=1S/C12H10F3N3O/c13-12(14,15)9-3-1-8(2-4-9)11(19)18-7-10-16-5-6-17-10/h1-6H,7H2,(H,16,17)(H,18,19). The number of alkyl halides is 3. The summed E-state index contributed by atoms with van der Waals surface area (Å²) in [5, 5.41) is 2.55. The second kappa shape index (κ2) is 5.13. The molecule has 0 saturated carbocycles. The van der Waals surface area contributed by atoms with Crippen LogP contribution in [0.15, 0.2) is 36.7 Å². The highest BCUT2D eigenvalue weighted by Crippen LogP contribution is 2.28. The molecular formula is C12H10F3N3O. The maximum absolute atomic E-state index is 12.3. The van der Waals surface area contributed by atoms with Crippen LogP contribution in [0.2, 0.25) is 0 Å². The van der Waals surface area contributed by atoms with Crippen LogP contribution in [0.5, 0.6) is 0 Å². The molecule has 7 heteroatoms. The van der Waals surface area contributed by atoms with E-state index in [1.54, 1.807) is 12.4 Å². The molecule has 1 amide bonds. The van der Waals surface area contributed by atoms with Crippen LogP contribution in [0.25, 0.3) is 0 Å². The monoisotopic (exact) mass is 269 g/mol. The molecule has 0 fully saturated rings. The number of amides is 1. The third-order valence-electron chi connectivity index (χ3n) is 2.45. The number of nitrogens with one attached hydrogen (secondary N) is 2. The zero-order chi connectivity index (χ0) is 13.9. The van der Waals surface area contributed by atoms with Crippen LogP contribution >= 0.6 is 0 Å². The number of aromatic amines is 1. The number of aromatic nitrogens is 2. The summed E-state index contributed by atoms with van der Waals surface area (Å²) in [4.78, 5) is 18.4. The Morgan fingerprint density at radius 3 is 2.47 bits per heavy atom. The van der Waals surface area contributed by atoms with E-state index >= 15 is 0 Å². The van der Waals surface area contributed by atoms with E-state index < -0.39 is 17.6 Å². The number of imidazole rings is 1. The van der Waals surface area contributed by atoms with Crippen molar-refractivity contribution >= 4 is 5.91 Å². The summed E-state index contributed by atoms with van der Waals surface area (Å²) in [5.74, 6) is 0.116. The van der Waals surface area contributed by atoms with Gasteiger partial charge in [0.1, 0.15) is 5.82 Å². The Labute approximate surface area is 106 Å². The molecule has 1 aromatic carbocycles. The Morgan fingerprint density at radius 1 is 1.26 bits per heavy atom. The first-order valence-corrected chi connectivity index (χ1v) is 5.40. The first-order chi connectivity index (χ1) is 8.97. The van der Waals surface area contributed by atoms with E-state index in [0.717, 1.165) is 24.3 Å². The average Bonchev–Trinajstić information content (AvgIpc) is 2.88. The van der Waals surface area contributed by atoms with Crippen molar-refractivity contribution in [1.29, 1.82) is 0 Å². The molecule has 0 spiro atoms. The lowest BCUT2D eigenvalue weighted by Gasteiger charge is -2.07. The Balaban J connectivity index is 2.00. The lowest BCUT2D eigenvalue weighted by molar-refractivity contribution is -0.137. The van der Waals surface area contributed by atoms with Gasteiger partial charge in [-0.2, -0.15) is 13.2 Å². The van der Waals surface area contributed by atoms with Gasteiger partial charge in [-0.25, -0.2) is 4.98 Å². The number of nitrogens with zero attached hydrogens (tertiary/aromatic N) is 1. The predicted molar refractivity (Wildman–Crippen MR) is 61.2 cm³/mol. The number of hydrogen-bond donors (Lipinski definition) is 2. The van der Waals surface area contributed by atoms with E-state index in [-0.39, 0.29) is 12.1 Å². The average molecular weight is 269 g/mol. The van der Waals surface area contributed by atoms with E-state index in [2.05, 4.69) is 15.3 Å². The Kier molecular flexibility index (Phi) is 3.55. The molecule has 0 aliphatic heterocycles. The molecule has 0 aliphatic rings. The van der Waals surface area contributed by atoms with Gasteiger partial charge < -0.3 is 10.3 Å². The lowest BCUT2D eigenvalue weighted by atomic mass is 10.1. The zero-order valence-corrected chi connectivity index (χ0v) is 9.66. The van der Waals surface area contributed by atoms with Crippen molar-refractivity contribution < 1.29 is 18.0 Å². The first kappa shape index (κ1) is 13.1. The van der Waals surface area contributed by atoms with Gasteiger partial charge in [0.15, 0.2) is 0 Å². The van der Waals surface area contributed by atoms with Gasteiger partial charge in [-0.3, -0.25) is 4.79 Å². The van der Waals surface area contributed by atoms with Crippen LogP contribution in [0.1, 0.15) is 21.7 Å². The summed E-state index contributed by atoms with van der Waals surface area (Å²) in [6, 6.07) is 4.03. The minimum Gasteiger partial charge on any atom is -0.347 e. The van der Waals surface area contributed by atoms with Gasteiger partial charge in [0.2, 0.25) is 0 Å². The van der Waals surface area contributed by atoms with Crippen molar-refractivity contribution in [3.8, 4) is 0 Å². The fourth-order valence-electron chi connectivity index (χ4n) is 1.47. The largest absolute Gasteiger partial charge is 0.416 e. The molecule has 2 aromatic rings. The highest BCUT2D eigenvalue weighted by molar-refractivity contribution is 5.94. The fourth-order valence-corrected chi connectivity index (χ4v) is 1.47. The molecule has 0 atom stereocenters. The summed E-state index contributed by atoms with van der Waals surface area (Å²) < 4.78 is 37.0. The van der Waals surface area contributed by atoms with Gasteiger partial charge >= 0.3 is 6.18 Å². The van der Waals surface area contributed by atoms with Crippen molar-refractivity contribution in [2.24, 2.45) is 0 Å². The Bertz CT molecular complexity index is 547. The number of benzene rings is 1. The normalized spacial score (nSPS) is 11.3. The van der Waals surface area contributed by atoms with Crippen molar-refractivity contribution in [3.63, 3.8) is 0 Å². The molecule has 0 aliphatic carbocycles. The first-order valence-electron chi connectivity index (χ1n) is 5.40. The van der Waals surface area contributed by atoms with Crippen molar-refractivity contribution in [3.05, 3.63) is 53.6 Å². The zero-order valence-electron chi connectivity index (χ0n) is 9.66. The predicted octanol–water partition coefficient (Wildman–Crippen LogP) is 2.36. The van der Waals surface area contributed by atoms with Gasteiger partial charge in [-0.15, -0.1) is 0 Å². The molecule has 1 aromatic heterocycles. The van der Waals surface area contributed by atoms with E-state index in [9.17, 15) is 18.0 Å². The van der Waals surface area contributed by atoms with Crippen molar-refractivity contribution in [2.75, 3.05) is 0 Å². The number of carbonyl (C=O) groups excluding carboxylic acids is 1. The summed E-state index contributed by atoms with van der Waals surface area (Å²) >= 11 is 0. The maximum Gasteiger partial charge on any atom is 0.416 e. The minimum absolute atomic E-state index is 0.166. The van der Waals surface area contributed by atoms with Gasteiger partial charge in [0.05, 0.1) is 12.1 Å². The Morgan fingerprint density at radius 2 is 1.95 bits per heavy atom. The van der Waals surface area contributed by atoms with Crippen LogP contribution in [-0.2, 0) is 12.7 Å². The molecule has 0 unspecified atom stereocenters. The number of hydrogen-bond acceptors (Lipinski definition) is 2. The van der Waals surface area contributed by atoms with Crippen LogP contribution in [-0.4, -0.2) is 15.9 Å². The van der Waals surface area contributed by atoms with Gasteiger partial charge in [0.25, 0.3) is 5.91 Å². The molecule has 100 valence electrons. The molecule has 2 rings (SSSR count). The third-order valence-corrected chi connectivity index (χ3v) is 2.45. The molecule has 4 nitrogen and oxygen atoms in total. The molecule has 19 heavy (non-hydrogen) atoms. The smallest absolute Gasteiger partial charge is 0.347 e. The van der Waals surface area contributed by atoms with E-state index in [1.165, 1.54) is 0 Å². The number of halogens is 3. The summed E-state index contributed by atoms with van der Waals surface area (Å²) in [6.45, 7) is 0.187. The molecule has 1 heterocycles. The van der Waals surface area contributed by atoms with Crippen LogP contribution < -0.4 is 5.32 Å². The summed E-state index contributed by atoms with van der Waals surface area (Å²) in [5.41, 5.74) is -0.616. The molecule has 0 radical (unpaired) electrons. The van der Waals surface area contributed by atoms with Gasteiger partial charge in [-0.05, 0) is 24.3 Å². The maximum atomic E-state index is 12.3. The second-order valence-corrected chi connectivity index (χ2v) is 3.79. The van der Waals surface area contributed by atoms with E-state index in [1.807, 2.05) is 0 Å². The van der Waals surface area contributed by atoms with Crippen molar-refractivity contribution in [1.82, 2.24) is 15.3 Å². The van der Waals surface area contributed by atoms with Crippen LogP contribution in [0, 0.1) is 0 Å². The summed E-state index contributed by atoms with van der Waals surface area (Å²) in [7, 11) is 0. The quantitative estimate of drug-likeness (QED) is 0.898. The highest BCUT2D eigenvalue weighted by Gasteiger charge is 2.30. The molecule has 0 saturated heterocycles. The van der Waals surface area contributed by atoms with Crippen LogP contribution in [0.3, 0.4) is 0 Å². The minimum atomic E-state index is -4.40. The van der Waals surface area contributed by atoms with Crippen molar-refractivity contribution in [2.45, 2.75) is 12.7 Å². The number of rotatable bonds is 3. The van der Waals surface area contributed by atoms with E-state index in [4.69, 9.17) is 0 Å². The molecular weight excluding hydrogens is 259 g/mol. The molecule has 2 N–H and O–H groups in total. The number of H-pyrrole nitrogens is 1. The van der Waals surface area contributed by atoms with Gasteiger partial charge in [0, 0.05) is 18.0 Å².